The van der Waals surface area contributed by atoms with E-state index in [1.54, 1.807) is 37.7 Å². The Labute approximate surface area is 233 Å². The van der Waals surface area contributed by atoms with Gasteiger partial charge in [0.1, 0.15) is 11.8 Å². The van der Waals surface area contributed by atoms with Crippen LogP contribution in [0, 0.1) is 0 Å². The number of fused-ring (bicyclic) bond motifs is 2. The van der Waals surface area contributed by atoms with E-state index in [-0.39, 0.29) is 30.8 Å². The number of nitrogens with zero attached hydrogens (tertiary/aromatic N) is 5. The fourth-order valence-corrected chi connectivity index (χ4v) is 4.94. The first kappa shape index (κ1) is 28.0. The van der Waals surface area contributed by atoms with E-state index >= 15 is 0 Å². The van der Waals surface area contributed by atoms with Crippen molar-refractivity contribution in [1.29, 1.82) is 0 Å². The smallest absolute Gasteiger partial charge is 0.249 e. The standard InChI is InChI=1S/C28H31N7O3.ClH/c1-17(29-2)27(36)30-23-13-10-18-7-5-6-8-24(18)35(28(23)37)16-22-21-12-9-20(26-31-32-33-34(26)3)15-19(21)11-14-25(22)38-4;/h5-9,11-12,14-15,17,23,29H,10,13,16H2,1-4H3,(H,30,36);1H/t17-,23-;/m0./s1. The molecular formula is C28H32ClN7O3. The predicted molar refractivity (Wildman–Crippen MR) is 152 cm³/mol. The van der Waals surface area contributed by atoms with Crippen LogP contribution in [0.25, 0.3) is 22.2 Å². The van der Waals surface area contributed by atoms with Gasteiger partial charge in [0.15, 0.2) is 5.82 Å². The number of halogens is 1. The predicted octanol–water partition coefficient (Wildman–Crippen LogP) is 3.03. The molecule has 1 aliphatic rings. The maximum absolute atomic E-state index is 14.0. The molecule has 5 rings (SSSR count). The second-order valence-electron chi connectivity index (χ2n) is 9.47. The minimum atomic E-state index is -0.637. The van der Waals surface area contributed by atoms with Crippen LogP contribution >= 0.6 is 12.4 Å². The van der Waals surface area contributed by atoms with Crippen molar-refractivity contribution in [2.24, 2.45) is 7.05 Å². The normalized spacial score (nSPS) is 15.7. The van der Waals surface area contributed by atoms with Gasteiger partial charge in [0.25, 0.3) is 0 Å². The molecule has 2 atom stereocenters. The average molecular weight is 550 g/mol. The fourth-order valence-electron chi connectivity index (χ4n) is 4.94. The van der Waals surface area contributed by atoms with E-state index in [4.69, 9.17) is 4.74 Å². The summed E-state index contributed by atoms with van der Waals surface area (Å²) in [4.78, 5) is 28.4. The molecule has 1 aromatic heterocycles. The Balaban J connectivity index is 0.00000353. The highest BCUT2D eigenvalue weighted by Crippen LogP contribution is 2.35. The SMILES string of the molecule is CN[C@@H](C)C(=O)N[C@H]1CCc2ccccc2N(Cc2c(OC)ccc3cc(-c4nnnn4C)ccc23)C1=O.Cl. The lowest BCUT2D eigenvalue weighted by Gasteiger charge is -2.28. The fraction of sp³-hybridized carbons (Fsp3) is 0.321. The number of hydrogen-bond donors (Lipinski definition) is 2. The largest absolute Gasteiger partial charge is 0.496 e. The Bertz CT molecular complexity index is 1510. The van der Waals surface area contributed by atoms with Crippen LogP contribution in [-0.2, 0) is 29.6 Å². The number of aryl methyl sites for hydroxylation is 2. The molecule has 0 unspecified atom stereocenters. The van der Waals surface area contributed by atoms with E-state index in [9.17, 15) is 9.59 Å². The molecule has 4 aromatic rings. The first-order valence-electron chi connectivity index (χ1n) is 12.6. The summed E-state index contributed by atoms with van der Waals surface area (Å²) in [5, 5.41) is 19.6. The number of nitrogens with one attached hydrogen (secondary N) is 2. The molecule has 2 N–H and O–H groups in total. The molecule has 204 valence electrons. The van der Waals surface area contributed by atoms with Crippen molar-refractivity contribution in [3.63, 3.8) is 0 Å². The van der Waals surface area contributed by atoms with Crippen LogP contribution in [-0.4, -0.2) is 58.3 Å². The molecule has 0 spiro atoms. The third-order valence-corrected chi connectivity index (χ3v) is 7.19. The minimum absolute atomic E-state index is 0. The molecule has 1 aliphatic heterocycles. The average Bonchev–Trinajstić information content (AvgIpc) is 3.33. The lowest BCUT2D eigenvalue weighted by Crippen LogP contribution is -2.52. The number of benzene rings is 3. The minimum Gasteiger partial charge on any atom is -0.496 e. The molecule has 0 fully saturated rings. The van der Waals surface area contributed by atoms with Crippen molar-refractivity contribution >= 4 is 40.7 Å². The molecule has 0 bridgehead atoms. The van der Waals surface area contributed by atoms with E-state index < -0.39 is 12.1 Å². The second-order valence-corrected chi connectivity index (χ2v) is 9.47. The van der Waals surface area contributed by atoms with Crippen molar-refractivity contribution < 1.29 is 14.3 Å². The number of carbonyl (C=O) groups is 2. The van der Waals surface area contributed by atoms with Gasteiger partial charge < -0.3 is 20.3 Å². The summed E-state index contributed by atoms with van der Waals surface area (Å²) >= 11 is 0. The Morgan fingerprint density at radius 2 is 1.97 bits per heavy atom. The summed E-state index contributed by atoms with van der Waals surface area (Å²) in [5.41, 5.74) is 3.68. The molecule has 0 radical (unpaired) electrons. The number of likely N-dealkylation sites (N-methyl/N-ethyl adjacent to an activating group) is 1. The first-order chi connectivity index (χ1) is 18.4. The number of aromatic nitrogens is 4. The highest BCUT2D eigenvalue weighted by atomic mass is 35.5. The number of methoxy groups -OCH3 is 1. The first-order valence-corrected chi connectivity index (χ1v) is 12.6. The van der Waals surface area contributed by atoms with E-state index in [0.29, 0.717) is 24.4 Å². The van der Waals surface area contributed by atoms with Crippen LogP contribution in [0.15, 0.2) is 54.6 Å². The summed E-state index contributed by atoms with van der Waals surface area (Å²) in [6.07, 6.45) is 1.20. The van der Waals surface area contributed by atoms with Crippen molar-refractivity contribution in [2.45, 2.75) is 38.4 Å². The van der Waals surface area contributed by atoms with Crippen LogP contribution in [0.5, 0.6) is 5.75 Å². The zero-order valence-corrected chi connectivity index (χ0v) is 23.2. The highest BCUT2D eigenvalue weighted by molar-refractivity contribution is 6.02. The van der Waals surface area contributed by atoms with Crippen LogP contribution in [0.1, 0.15) is 24.5 Å². The summed E-state index contributed by atoms with van der Waals surface area (Å²) in [5.74, 6) is 0.998. The molecule has 10 nitrogen and oxygen atoms in total. The molecule has 3 aromatic carbocycles. The van der Waals surface area contributed by atoms with E-state index in [0.717, 1.165) is 33.2 Å². The zero-order valence-electron chi connectivity index (χ0n) is 22.3. The molecule has 0 saturated carbocycles. The third-order valence-electron chi connectivity index (χ3n) is 7.19. The van der Waals surface area contributed by atoms with Gasteiger partial charge in [-0.25, -0.2) is 4.68 Å². The summed E-state index contributed by atoms with van der Waals surface area (Å²) in [6, 6.07) is 16.8. The second kappa shape index (κ2) is 11.8. The Hall–Kier alpha value is -4.02. The number of amides is 2. The third kappa shape index (κ3) is 5.43. The van der Waals surface area contributed by atoms with Gasteiger partial charge >= 0.3 is 0 Å². The number of para-hydroxylation sites is 1. The van der Waals surface area contributed by atoms with Crippen LogP contribution in [0.2, 0.25) is 0 Å². The van der Waals surface area contributed by atoms with Gasteiger partial charge in [0.2, 0.25) is 11.8 Å². The zero-order chi connectivity index (χ0) is 26.8. The van der Waals surface area contributed by atoms with Crippen LogP contribution < -0.4 is 20.3 Å². The number of tetrazole rings is 1. The van der Waals surface area contributed by atoms with Crippen molar-refractivity contribution in [1.82, 2.24) is 30.8 Å². The molecule has 11 heteroatoms. The number of carbonyl (C=O) groups excluding carboxylic acids is 2. The Kier molecular flexibility index (Phi) is 8.47. The van der Waals surface area contributed by atoms with E-state index in [1.807, 2.05) is 54.6 Å². The summed E-state index contributed by atoms with van der Waals surface area (Å²) < 4.78 is 7.38. The van der Waals surface area contributed by atoms with Crippen LogP contribution in [0.4, 0.5) is 5.69 Å². The van der Waals surface area contributed by atoms with Gasteiger partial charge in [-0.3, -0.25) is 9.59 Å². The highest BCUT2D eigenvalue weighted by Gasteiger charge is 2.33. The summed E-state index contributed by atoms with van der Waals surface area (Å²) in [6.45, 7) is 2.06. The molecule has 0 saturated heterocycles. The number of hydrogen-bond acceptors (Lipinski definition) is 7. The van der Waals surface area contributed by atoms with E-state index in [2.05, 4.69) is 26.2 Å². The molecule has 39 heavy (non-hydrogen) atoms. The van der Waals surface area contributed by atoms with Gasteiger partial charge in [-0.05, 0) is 71.8 Å². The van der Waals surface area contributed by atoms with Crippen LogP contribution in [0.3, 0.4) is 0 Å². The topological polar surface area (TPSA) is 114 Å². The lowest BCUT2D eigenvalue weighted by atomic mass is 9.99. The molecule has 0 aliphatic carbocycles. The van der Waals surface area contributed by atoms with Gasteiger partial charge in [-0.2, -0.15) is 0 Å². The number of rotatable bonds is 7. The quantitative estimate of drug-likeness (QED) is 0.364. The van der Waals surface area contributed by atoms with Crippen molar-refractivity contribution in [2.75, 3.05) is 19.1 Å². The number of anilines is 1. The molecule has 2 amide bonds. The van der Waals surface area contributed by atoms with Gasteiger partial charge in [-0.1, -0.05) is 36.4 Å². The number of ether oxygens (including phenoxy) is 1. The monoisotopic (exact) mass is 549 g/mol. The van der Waals surface area contributed by atoms with Gasteiger partial charge in [0.05, 0.1) is 19.7 Å². The van der Waals surface area contributed by atoms with Crippen molar-refractivity contribution in [3.05, 3.63) is 65.7 Å². The Morgan fingerprint density at radius 3 is 2.69 bits per heavy atom. The van der Waals surface area contributed by atoms with Crippen molar-refractivity contribution in [3.8, 4) is 17.1 Å². The maximum Gasteiger partial charge on any atom is 0.249 e. The van der Waals surface area contributed by atoms with E-state index in [1.165, 1.54) is 0 Å². The Morgan fingerprint density at radius 1 is 1.18 bits per heavy atom. The molecule has 2 heterocycles. The van der Waals surface area contributed by atoms with Gasteiger partial charge in [-0.15, -0.1) is 17.5 Å². The molecular weight excluding hydrogens is 518 g/mol. The summed E-state index contributed by atoms with van der Waals surface area (Å²) in [7, 11) is 5.15. The lowest BCUT2D eigenvalue weighted by molar-refractivity contribution is -0.128. The van der Waals surface area contributed by atoms with Gasteiger partial charge in [0, 0.05) is 23.9 Å². The maximum atomic E-state index is 14.0.